The van der Waals surface area contributed by atoms with E-state index in [1.165, 1.54) is 13.3 Å². The zero-order valence-corrected chi connectivity index (χ0v) is 10.3. The van der Waals surface area contributed by atoms with E-state index in [2.05, 4.69) is 20.0 Å². The highest BCUT2D eigenvalue weighted by molar-refractivity contribution is 5.90. The summed E-state index contributed by atoms with van der Waals surface area (Å²) in [7, 11) is 2.99. The van der Waals surface area contributed by atoms with E-state index in [0.717, 1.165) is 13.0 Å². The van der Waals surface area contributed by atoms with Gasteiger partial charge in [-0.2, -0.15) is 0 Å². The van der Waals surface area contributed by atoms with Crippen LogP contribution in [0.25, 0.3) is 0 Å². The van der Waals surface area contributed by atoms with Crippen LogP contribution in [-0.4, -0.2) is 43.3 Å². The number of nitrogens with zero attached hydrogens (tertiary/aromatic N) is 2. The first-order valence-corrected chi connectivity index (χ1v) is 5.33. The minimum atomic E-state index is -0.423. The van der Waals surface area contributed by atoms with E-state index >= 15 is 0 Å². The number of carbonyl (C=O) groups excluding carboxylic acids is 1. The fourth-order valence-electron chi connectivity index (χ4n) is 1.28. The van der Waals surface area contributed by atoms with Gasteiger partial charge in [0.1, 0.15) is 0 Å². The first kappa shape index (κ1) is 13.4. The zero-order valence-electron chi connectivity index (χ0n) is 10.3. The van der Waals surface area contributed by atoms with Crippen LogP contribution in [0.15, 0.2) is 6.20 Å². The maximum absolute atomic E-state index is 11.3. The third-order valence-electron chi connectivity index (χ3n) is 2.19. The minimum absolute atomic E-state index is 0.384. The summed E-state index contributed by atoms with van der Waals surface area (Å²) < 4.78 is 9.54. The van der Waals surface area contributed by atoms with Crippen molar-refractivity contribution < 1.29 is 14.3 Å². The smallest absolute Gasteiger partial charge is 0.341 e. The molecule has 0 aliphatic carbocycles. The normalized spacial score (nSPS) is 10.1. The molecule has 1 heterocycles. The second-order valence-electron chi connectivity index (χ2n) is 3.46. The molecule has 0 aliphatic rings. The lowest BCUT2D eigenvalue weighted by Crippen LogP contribution is -2.11. The van der Waals surface area contributed by atoms with Gasteiger partial charge in [0, 0.05) is 26.5 Å². The van der Waals surface area contributed by atoms with Gasteiger partial charge in [-0.1, -0.05) is 0 Å². The summed E-state index contributed by atoms with van der Waals surface area (Å²) in [5.41, 5.74) is 0.982. The molecular weight excluding hydrogens is 222 g/mol. The Morgan fingerprint density at radius 1 is 1.47 bits per heavy atom. The van der Waals surface area contributed by atoms with Gasteiger partial charge in [-0.25, -0.2) is 14.8 Å². The molecule has 0 amide bonds. The molecule has 0 spiro atoms. The van der Waals surface area contributed by atoms with Crippen LogP contribution in [0.5, 0.6) is 0 Å². The van der Waals surface area contributed by atoms with Gasteiger partial charge in [-0.3, -0.25) is 0 Å². The Kier molecular flexibility index (Phi) is 5.35. The number of methoxy groups -OCH3 is 2. The van der Waals surface area contributed by atoms with E-state index in [9.17, 15) is 4.79 Å². The number of hydrogen-bond acceptors (Lipinski definition) is 6. The molecule has 6 nitrogen and oxygen atoms in total. The second-order valence-corrected chi connectivity index (χ2v) is 3.46. The summed E-state index contributed by atoms with van der Waals surface area (Å²) in [6.45, 7) is 3.16. The first-order chi connectivity index (χ1) is 8.19. The molecule has 0 saturated carbocycles. The second kappa shape index (κ2) is 6.80. The Bertz CT molecular complexity index is 382. The third kappa shape index (κ3) is 3.99. The van der Waals surface area contributed by atoms with E-state index in [-0.39, 0.29) is 0 Å². The van der Waals surface area contributed by atoms with Crippen LogP contribution in [0, 0.1) is 6.92 Å². The molecule has 0 radical (unpaired) electrons. The SMILES string of the molecule is COCCCNc1ncc(C(=O)OC)c(C)n1. The van der Waals surface area contributed by atoms with Crippen molar-refractivity contribution in [2.75, 3.05) is 32.7 Å². The first-order valence-electron chi connectivity index (χ1n) is 5.33. The molecule has 94 valence electrons. The third-order valence-corrected chi connectivity index (χ3v) is 2.19. The number of anilines is 1. The average molecular weight is 239 g/mol. The largest absolute Gasteiger partial charge is 0.465 e. The van der Waals surface area contributed by atoms with Crippen LogP contribution in [-0.2, 0) is 9.47 Å². The summed E-state index contributed by atoms with van der Waals surface area (Å²) in [5.74, 6) is 0.0830. The standard InChI is InChI=1S/C11H17N3O3/c1-8-9(10(15)17-3)7-13-11(14-8)12-5-4-6-16-2/h7H,4-6H2,1-3H3,(H,12,13,14). The molecule has 0 bridgehead atoms. The van der Waals surface area contributed by atoms with E-state index in [1.807, 2.05) is 0 Å². The van der Waals surface area contributed by atoms with E-state index in [0.29, 0.717) is 23.8 Å². The molecule has 0 unspecified atom stereocenters. The summed E-state index contributed by atoms with van der Waals surface area (Å²) >= 11 is 0. The van der Waals surface area contributed by atoms with Crippen LogP contribution >= 0.6 is 0 Å². The molecule has 0 aromatic carbocycles. The fourth-order valence-corrected chi connectivity index (χ4v) is 1.28. The molecule has 1 N–H and O–H groups in total. The predicted molar refractivity (Wildman–Crippen MR) is 63.1 cm³/mol. The predicted octanol–water partition coefficient (Wildman–Crippen LogP) is 1.02. The molecular formula is C11H17N3O3. The van der Waals surface area contributed by atoms with Crippen LogP contribution < -0.4 is 5.32 Å². The number of hydrogen-bond donors (Lipinski definition) is 1. The highest BCUT2D eigenvalue weighted by atomic mass is 16.5. The molecule has 1 aromatic heterocycles. The molecule has 1 rings (SSSR count). The van der Waals surface area contributed by atoms with Crippen LogP contribution in [0.1, 0.15) is 22.5 Å². The molecule has 0 fully saturated rings. The number of esters is 1. The summed E-state index contributed by atoms with van der Waals surface area (Å²) in [5, 5.41) is 3.05. The topological polar surface area (TPSA) is 73.3 Å². The lowest BCUT2D eigenvalue weighted by atomic mass is 10.2. The van der Waals surface area contributed by atoms with E-state index in [1.54, 1.807) is 14.0 Å². The quantitative estimate of drug-likeness (QED) is 0.590. The minimum Gasteiger partial charge on any atom is -0.465 e. The number of nitrogens with one attached hydrogen (secondary N) is 1. The molecule has 1 aromatic rings. The monoisotopic (exact) mass is 239 g/mol. The van der Waals surface area contributed by atoms with E-state index < -0.39 is 5.97 Å². The highest BCUT2D eigenvalue weighted by Crippen LogP contribution is 2.08. The Hall–Kier alpha value is -1.69. The maximum Gasteiger partial charge on any atom is 0.341 e. The van der Waals surface area contributed by atoms with Crippen LogP contribution in [0.4, 0.5) is 5.95 Å². The van der Waals surface area contributed by atoms with Gasteiger partial charge in [0.05, 0.1) is 18.4 Å². The fraction of sp³-hybridized carbons (Fsp3) is 0.545. The van der Waals surface area contributed by atoms with E-state index in [4.69, 9.17) is 4.74 Å². The van der Waals surface area contributed by atoms with Gasteiger partial charge in [0.2, 0.25) is 5.95 Å². The van der Waals surface area contributed by atoms with Crippen molar-refractivity contribution in [2.24, 2.45) is 0 Å². The number of ether oxygens (including phenoxy) is 2. The summed E-state index contributed by atoms with van der Waals surface area (Å²) in [6, 6.07) is 0. The summed E-state index contributed by atoms with van der Waals surface area (Å²) in [6.07, 6.45) is 2.34. The molecule has 6 heteroatoms. The lowest BCUT2D eigenvalue weighted by Gasteiger charge is -2.07. The van der Waals surface area contributed by atoms with Gasteiger partial charge in [0.15, 0.2) is 0 Å². The van der Waals surface area contributed by atoms with Gasteiger partial charge < -0.3 is 14.8 Å². The highest BCUT2D eigenvalue weighted by Gasteiger charge is 2.11. The lowest BCUT2D eigenvalue weighted by molar-refractivity contribution is 0.0599. The molecule has 0 saturated heterocycles. The zero-order chi connectivity index (χ0) is 12.7. The van der Waals surface area contributed by atoms with Gasteiger partial charge in [-0.05, 0) is 13.3 Å². The van der Waals surface area contributed by atoms with Crippen molar-refractivity contribution in [1.82, 2.24) is 9.97 Å². The van der Waals surface area contributed by atoms with Crippen molar-refractivity contribution in [3.8, 4) is 0 Å². The number of carbonyl (C=O) groups is 1. The molecule has 0 aliphatic heterocycles. The number of rotatable bonds is 6. The summed E-state index contributed by atoms with van der Waals surface area (Å²) in [4.78, 5) is 19.5. The van der Waals surface area contributed by atoms with Gasteiger partial charge >= 0.3 is 5.97 Å². The maximum atomic E-state index is 11.3. The number of aryl methyl sites for hydroxylation is 1. The van der Waals surface area contributed by atoms with Crippen molar-refractivity contribution in [1.29, 1.82) is 0 Å². The Morgan fingerprint density at radius 3 is 2.82 bits per heavy atom. The van der Waals surface area contributed by atoms with Crippen molar-refractivity contribution in [3.05, 3.63) is 17.5 Å². The van der Waals surface area contributed by atoms with Crippen LogP contribution in [0.2, 0.25) is 0 Å². The van der Waals surface area contributed by atoms with Crippen molar-refractivity contribution >= 4 is 11.9 Å². The van der Waals surface area contributed by atoms with Crippen molar-refractivity contribution in [2.45, 2.75) is 13.3 Å². The van der Waals surface area contributed by atoms with Crippen molar-refractivity contribution in [3.63, 3.8) is 0 Å². The molecule has 17 heavy (non-hydrogen) atoms. The van der Waals surface area contributed by atoms with Gasteiger partial charge in [0.25, 0.3) is 0 Å². The van der Waals surface area contributed by atoms with Gasteiger partial charge in [-0.15, -0.1) is 0 Å². The van der Waals surface area contributed by atoms with Crippen LogP contribution in [0.3, 0.4) is 0 Å². The Balaban J connectivity index is 2.59. The number of aromatic nitrogens is 2. The molecule has 0 atom stereocenters. The Labute approximate surface area is 100 Å². The average Bonchev–Trinajstić information content (AvgIpc) is 2.34. The Morgan fingerprint density at radius 2 is 2.24 bits per heavy atom.